The van der Waals surface area contributed by atoms with Gasteiger partial charge >= 0.3 is 0 Å². The largest absolute Gasteiger partial charge is 0.322 e. The molecule has 1 amide bonds. The summed E-state index contributed by atoms with van der Waals surface area (Å²) in [5.41, 5.74) is 1.31. The first-order valence-electron chi connectivity index (χ1n) is 5.36. The van der Waals surface area contributed by atoms with Gasteiger partial charge in [0.05, 0.1) is 10.6 Å². The number of nitrogens with one attached hydrogen (secondary N) is 1. The molecule has 6 heteroatoms. The molecule has 0 aliphatic carbocycles. The van der Waals surface area contributed by atoms with Crippen LogP contribution in [0.3, 0.4) is 0 Å². The number of aromatic nitrogens is 1. The Morgan fingerprint density at radius 3 is 2.79 bits per heavy atom. The maximum Gasteiger partial charge on any atom is 0.257 e. The van der Waals surface area contributed by atoms with Gasteiger partial charge in [-0.25, -0.2) is 9.37 Å². The number of amides is 1. The summed E-state index contributed by atoms with van der Waals surface area (Å²) >= 11 is 11.6. The predicted molar refractivity (Wildman–Crippen MR) is 73.3 cm³/mol. The Morgan fingerprint density at radius 1 is 1.32 bits per heavy atom. The Morgan fingerprint density at radius 2 is 2.05 bits per heavy atom. The normalized spacial score (nSPS) is 10.3. The van der Waals surface area contributed by atoms with E-state index in [9.17, 15) is 9.18 Å². The van der Waals surface area contributed by atoms with Crippen molar-refractivity contribution in [2.24, 2.45) is 0 Å². The summed E-state index contributed by atoms with van der Waals surface area (Å²) in [6, 6.07) is 5.49. The molecule has 19 heavy (non-hydrogen) atoms. The van der Waals surface area contributed by atoms with E-state index in [4.69, 9.17) is 23.2 Å². The van der Waals surface area contributed by atoms with E-state index in [1.165, 1.54) is 24.4 Å². The van der Waals surface area contributed by atoms with E-state index in [1.807, 2.05) is 0 Å². The van der Waals surface area contributed by atoms with E-state index in [0.717, 1.165) is 5.56 Å². The predicted octanol–water partition coefficient (Wildman–Crippen LogP) is 4.09. The van der Waals surface area contributed by atoms with Crippen LogP contribution in [0.25, 0.3) is 0 Å². The van der Waals surface area contributed by atoms with E-state index in [0.29, 0.717) is 5.69 Å². The molecule has 0 radical (unpaired) electrons. The first-order chi connectivity index (χ1) is 8.97. The van der Waals surface area contributed by atoms with Crippen molar-refractivity contribution < 1.29 is 9.18 Å². The maximum absolute atomic E-state index is 13.1. The first-order valence-corrected chi connectivity index (χ1v) is 6.11. The molecule has 2 rings (SSSR count). The van der Waals surface area contributed by atoms with Gasteiger partial charge in [-0.3, -0.25) is 4.79 Å². The Hall–Kier alpha value is -1.65. The number of hydrogen-bond donors (Lipinski definition) is 1. The van der Waals surface area contributed by atoms with Gasteiger partial charge in [0.1, 0.15) is 11.0 Å². The van der Waals surface area contributed by atoms with Crippen LogP contribution in [0.4, 0.5) is 10.1 Å². The summed E-state index contributed by atoms with van der Waals surface area (Å²) in [7, 11) is 0. The number of aryl methyl sites for hydroxylation is 1. The topological polar surface area (TPSA) is 42.0 Å². The number of nitrogens with zero attached hydrogens (tertiary/aromatic N) is 1. The summed E-state index contributed by atoms with van der Waals surface area (Å²) in [4.78, 5) is 15.8. The molecular weight excluding hydrogens is 290 g/mol. The van der Waals surface area contributed by atoms with E-state index in [-0.39, 0.29) is 15.7 Å². The molecule has 0 saturated heterocycles. The quantitative estimate of drug-likeness (QED) is 0.849. The highest BCUT2D eigenvalue weighted by Gasteiger charge is 2.13. The molecule has 1 aromatic carbocycles. The average molecular weight is 299 g/mol. The lowest BCUT2D eigenvalue weighted by atomic mass is 10.2. The highest BCUT2D eigenvalue weighted by Crippen LogP contribution is 2.21. The molecule has 98 valence electrons. The SMILES string of the molecule is Cc1ccc(F)cc1NC(=O)c1cc(Cl)ncc1Cl. The minimum absolute atomic E-state index is 0.158. The van der Waals surface area contributed by atoms with Crippen LogP contribution in [0.15, 0.2) is 30.5 Å². The van der Waals surface area contributed by atoms with E-state index >= 15 is 0 Å². The minimum atomic E-state index is -0.469. The van der Waals surface area contributed by atoms with Gasteiger partial charge in [0.15, 0.2) is 0 Å². The third-order valence-electron chi connectivity index (χ3n) is 2.51. The van der Waals surface area contributed by atoms with Crippen molar-refractivity contribution in [2.75, 3.05) is 5.32 Å². The number of halogens is 3. The molecule has 2 aromatic rings. The zero-order valence-electron chi connectivity index (χ0n) is 9.88. The van der Waals surface area contributed by atoms with E-state index in [2.05, 4.69) is 10.3 Å². The van der Waals surface area contributed by atoms with Crippen LogP contribution in [0.2, 0.25) is 10.2 Å². The lowest BCUT2D eigenvalue weighted by molar-refractivity contribution is 0.102. The maximum atomic E-state index is 13.1. The fourth-order valence-corrected chi connectivity index (χ4v) is 1.85. The standard InChI is InChI=1S/C13H9Cl2FN2O/c1-7-2-3-8(16)4-11(7)18-13(19)9-5-12(15)17-6-10(9)14/h2-6H,1H3,(H,18,19). The summed E-state index contributed by atoms with van der Waals surface area (Å²) < 4.78 is 13.1. The highest BCUT2D eigenvalue weighted by molar-refractivity contribution is 6.35. The van der Waals surface area contributed by atoms with Gasteiger partial charge in [0, 0.05) is 11.9 Å². The summed E-state index contributed by atoms with van der Waals surface area (Å²) in [6.45, 7) is 1.76. The monoisotopic (exact) mass is 298 g/mol. The molecule has 0 fully saturated rings. The van der Waals surface area contributed by atoms with Gasteiger partial charge in [-0.1, -0.05) is 29.3 Å². The number of pyridine rings is 1. The number of carbonyl (C=O) groups is 1. The fourth-order valence-electron chi connectivity index (χ4n) is 1.51. The van der Waals surface area contributed by atoms with E-state index in [1.54, 1.807) is 13.0 Å². The van der Waals surface area contributed by atoms with Crippen LogP contribution < -0.4 is 5.32 Å². The van der Waals surface area contributed by atoms with Gasteiger partial charge in [-0.05, 0) is 30.7 Å². The van der Waals surface area contributed by atoms with Gasteiger partial charge in [0.2, 0.25) is 0 Å². The van der Waals surface area contributed by atoms with Crippen molar-refractivity contribution in [3.63, 3.8) is 0 Å². The Kier molecular flexibility index (Phi) is 4.02. The van der Waals surface area contributed by atoms with Crippen molar-refractivity contribution in [2.45, 2.75) is 6.92 Å². The first kappa shape index (κ1) is 13.8. The highest BCUT2D eigenvalue weighted by atomic mass is 35.5. The van der Waals surface area contributed by atoms with Gasteiger partial charge in [-0.2, -0.15) is 0 Å². The Balaban J connectivity index is 2.30. The molecule has 0 saturated carbocycles. The van der Waals surface area contributed by atoms with Gasteiger partial charge in [0.25, 0.3) is 5.91 Å². The molecule has 0 atom stereocenters. The molecule has 0 spiro atoms. The molecule has 0 aliphatic heterocycles. The summed E-state index contributed by atoms with van der Waals surface area (Å²) in [5, 5.41) is 2.92. The molecule has 0 aliphatic rings. The van der Waals surface area contributed by atoms with Crippen LogP contribution in [0.5, 0.6) is 0 Å². The third-order valence-corrected chi connectivity index (χ3v) is 3.02. The Labute approximate surface area is 119 Å². The van der Waals surface area contributed by atoms with Crippen molar-refractivity contribution in [3.8, 4) is 0 Å². The van der Waals surface area contributed by atoms with E-state index < -0.39 is 11.7 Å². The second-order valence-electron chi connectivity index (χ2n) is 3.90. The Bertz CT molecular complexity index is 647. The molecule has 3 nitrogen and oxygen atoms in total. The van der Waals surface area contributed by atoms with Crippen molar-refractivity contribution in [3.05, 3.63) is 57.6 Å². The second-order valence-corrected chi connectivity index (χ2v) is 4.69. The number of rotatable bonds is 2. The average Bonchev–Trinajstić information content (AvgIpc) is 2.36. The number of benzene rings is 1. The van der Waals surface area contributed by atoms with Crippen LogP contribution in [0.1, 0.15) is 15.9 Å². The lowest BCUT2D eigenvalue weighted by Gasteiger charge is -2.09. The van der Waals surface area contributed by atoms with Crippen LogP contribution >= 0.6 is 23.2 Å². The zero-order chi connectivity index (χ0) is 14.0. The summed E-state index contributed by atoms with van der Waals surface area (Å²) in [5.74, 6) is -0.900. The number of hydrogen-bond acceptors (Lipinski definition) is 2. The van der Waals surface area contributed by atoms with Gasteiger partial charge in [-0.15, -0.1) is 0 Å². The summed E-state index contributed by atoms with van der Waals surface area (Å²) in [6.07, 6.45) is 1.29. The second kappa shape index (κ2) is 5.55. The molecule has 1 heterocycles. The third kappa shape index (κ3) is 3.22. The van der Waals surface area contributed by atoms with Crippen molar-refractivity contribution in [1.29, 1.82) is 0 Å². The smallest absolute Gasteiger partial charge is 0.257 e. The fraction of sp³-hybridized carbons (Fsp3) is 0.0769. The zero-order valence-corrected chi connectivity index (χ0v) is 11.4. The lowest BCUT2D eigenvalue weighted by Crippen LogP contribution is -2.13. The number of anilines is 1. The molecule has 0 unspecified atom stereocenters. The van der Waals surface area contributed by atoms with Crippen LogP contribution in [0, 0.1) is 12.7 Å². The number of carbonyl (C=O) groups excluding carboxylic acids is 1. The van der Waals surface area contributed by atoms with Crippen molar-refractivity contribution >= 4 is 34.8 Å². The van der Waals surface area contributed by atoms with Gasteiger partial charge < -0.3 is 5.32 Å². The minimum Gasteiger partial charge on any atom is -0.322 e. The molecule has 1 aromatic heterocycles. The molecular formula is C13H9Cl2FN2O. The van der Waals surface area contributed by atoms with Crippen LogP contribution in [-0.2, 0) is 0 Å². The van der Waals surface area contributed by atoms with Crippen LogP contribution in [-0.4, -0.2) is 10.9 Å². The molecule has 1 N–H and O–H groups in total. The molecule has 0 bridgehead atoms. The van der Waals surface area contributed by atoms with Crippen molar-refractivity contribution in [1.82, 2.24) is 4.98 Å².